The number of esters is 1. The van der Waals surface area contributed by atoms with Crippen molar-refractivity contribution in [2.45, 2.75) is 85.5 Å². The van der Waals surface area contributed by atoms with Crippen LogP contribution in [-0.4, -0.2) is 12.6 Å². The second-order valence-electron chi connectivity index (χ2n) is 5.81. The van der Waals surface area contributed by atoms with Crippen molar-refractivity contribution < 1.29 is 9.53 Å². The van der Waals surface area contributed by atoms with Crippen LogP contribution in [0.15, 0.2) is 0 Å². The number of hydrogen-bond acceptors (Lipinski definition) is 2. The normalized spacial score (nSPS) is 12.7. The van der Waals surface area contributed by atoms with Gasteiger partial charge in [-0.1, -0.05) is 72.6 Å². The molecule has 0 aromatic rings. The zero-order chi connectivity index (χ0) is 14.5. The molecule has 0 amide bonds. The first kappa shape index (κ1) is 18.5. The summed E-state index contributed by atoms with van der Waals surface area (Å²) in [6.07, 6.45) is 10.7. The van der Waals surface area contributed by atoms with Gasteiger partial charge in [-0.2, -0.15) is 0 Å². The van der Waals surface area contributed by atoms with Crippen molar-refractivity contribution in [2.75, 3.05) is 6.61 Å². The summed E-state index contributed by atoms with van der Waals surface area (Å²) in [4.78, 5) is 11.9. The van der Waals surface area contributed by atoms with Gasteiger partial charge in [0.15, 0.2) is 0 Å². The van der Waals surface area contributed by atoms with Crippen LogP contribution in [0.4, 0.5) is 0 Å². The minimum Gasteiger partial charge on any atom is -0.465 e. The molecule has 0 aliphatic carbocycles. The SMILES string of the molecule is CCCCOC(=O)C(C)CC(CCCC)CCCC. The van der Waals surface area contributed by atoms with E-state index in [1.807, 2.05) is 6.92 Å². The molecule has 1 unspecified atom stereocenters. The standard InChI is InChI=1S/C17H34O2/c1-5-8-11-16(12-9-6-2)14-15(4)17(18)19-13-10-7-3/h15-16H,5-14H2,1-4H3. The van der Waals surface area contributed by atoms with Gasteiger partial charge in [-0.3, -0.25) is 4.79 Å². The first-order valence-corrected chi connectivity index (χ1v) is 8.32. The van der Waals surface area contributed by atoms with Crippen LogP contribution < -0.4 is 0 Å². The summed E-state index contributed by atoms with van der Waals surface area (Å²) in [6.45, 7) is 9.20. The first-order valence-electron chi connectivity index (χ1n) is 8.32. The molecule has 0 bridgehead atoms. The van der Waals surface area contributed by atoms with Gasteiger partial charge in [0.05, 0.1) is 12.5 Å². The molecular weight excluding hydrogens is 236 g/mol. The molecule has 0 saturated heterocycles. The van der Waals surface area contributed by atoms with Gasteiger partial charge < -0.3 is 4.74 Å². The Hall–Kier alpha value is -0.530. The third kappa shape index (κ3) is 9.98. The number of hydrogen-bond donors (Lipinski definition) is 0. The number of ether oxygens (including phenoxy) is 1. The minimum absolute atomic E-state index is 0.00597. The van der Waals surface area contributed by atoms with E-state index >= 15 is 0 Å². The molecule has 19 heavy (non-hydrogen) atoms. The monoisotopic (exact) mass is 270 g/mol. The maximum Gasteiger partial charge on any atom is 0.308 e. The van der Waals surface area contributed by atoms with Crippen molar-refractivity contribution in [1.29, 1.82) is 0 Å². The lowest BCUT2D eigenvalue weighted by atomic mass is 9.87. The molecular formula is C17H34O2. The predicted octanol–water partition coefficient (Wildman–Crippen LogP) is 5.35. The highest BCUT2D eigenvalue weighted by atomic mass is 16.5. The highest BCUT2D eigenvalue weighted by Gasteiger charge is 2.19. The van der Waals surface area contributed by atoms with Crippen molar-refractivity contribution in [1.82, 2.24) is 0 Å². The fourth-order valence-corrected chi connectivity index (χ4v) is 2.42. The summed E-state index contributed by atoms with van der Waals surface area (Å²) in [7, 11) is 0. The van der Waals surface area contributed by atoms with E-state index in [1.165, 1.54) is 38.5 Å². The van der Waals surface area contributed by atoms with Gasteiger partial charge >= 0.3 is 5.97 Å². The Bertz CT molecular complexity index is 205. The average Bonchev–Trinajstić information content (AvgIpc) is 2.41. The summed E-state index contributed by atoms with van der Waals surface area (Å²) >= 11 is 0. The molecule has 114 valence electrons. The molecule has 0 heterocycles. The molecule has 1 atom stereocenters. The summed E-state index contributed by atoms with van der Waals surface area (Å²) in [5.41, 5.74) is 0. The lowest BCUT2D eigenvalue weighted by molar-refractivity contribution is -0.148. The van der Waals surface area contributed by atoms with Crippen molar-refractivity contribution in [2.24, 2.45) is 11.8 Å². The highest BCUT2D eigenvalue weighted by molar-refractivity contribution is 5.71. The van der Waals surface area contributed by atoms with E-state index in [9.17, 15) is 4.79 Å². The lowest BCUT2D eigenvalue weighted by Gasteiger charge is -2.20. The van der Waals surface area contributed by atoms with E-state index in [-0.39, 0.29) is 11.9 Å². The van der Waals surface area contributed by atoms with Gasteiger partial charge in [0.25, 0.3) is 0 Å². The van der Waals surface area contributed by atoms with Crippen molar-refractivity contribution >= 4 is 5.97 Å². The second-order valence-corrected chi connectivity index (χ2v) is 5.81. The van der Waals surface area contributed by atoms with E-state index in [0.29, 0.717) is 12.5 Å². The van der Waals surface area contributed by atoms with Crippen molar-refractivity contribution in [3.8, 4) is 0 Å². The number of carbonyl (C=O) groups excluding carboxylic acids is 1. The van der Waals surface area contributed by atoms with Gasteiger partial charge in [0.1, 0.15) is 0 Å². The van der Waals surface area contributed by atoms with Crippen molar-refractivity contribution in [3.63, 3.8) is 0 Å². The molecule has 0 aliphatic heterocycles. The maximum absolute atomic E-state index is 11.9. The molecule has 0 N–H and O–H groups in total. The molecule has 0 aromatic carbocycles. The maximum atomic E-state index is 11.9. The van der Waals surface area contributed by atoms with E-state index in [2.05, 4.69) is 20.8 Å². The van der Waals surface area contributed by atoms with Gasteiger partial charge in [-0.05, 0) is 18.8 Å². The smallest absolute Gasteiger partial charge is 0.308 e. The predicted molar refractivity (Wildman–Crippen MR) is 82.2 cm³/mol. The van der Waals surface area contributed by atoms with E-state index < -0.39 is 0 Å². The Balaban J connectivity index is 4.03. The zero-order valence-electron chi connectivity index (χ0n) is 13.5. The molecule has 2 heteroatoms. The molecule has 0 saturated carbocycles. The van der Waals surface area contributed by atoms with Crippen LogP contribution >= 0.6 is 0 Å². The van der Waals surface area contributed by atoms with E-state index in [0.717, 1.165) is 19.3 Å². The average molecular weight is 270 g/mol. The first-order chi connectivity index (χ1) is 9.15. The second kappa shape index (κ2) is 12.5. The summed E-state index contributed by atoms with van der Waals surface area (Å²) in [5, 5.41) is 0. The Morgan fingerprint density at radius 2 is 1.47 bits per heavy atom. The summed E-state index contributed by atoms with van der Waals surface area (Å²) < 4.78 is 5.32. The number of rotatable bonds is 12. The Morgan fingerprint density at radius 3 is 1.95 bits per heavy atom. The van der Waals surface area contributed by atoms with Crippen LogP contribution in [0, 0.1) is 11.8 Å². The number of carbonyl (C=O) groups is 1. The van der Waals surface area contributed by atoms with Gasteiger partial charge in [0, 0.05) is 0 Å². The summed E-state index contributed by atoms with van der Waals surface area (Å²) in [6, 6.07) is 0. The van der Waals surface area contributed by atoms with Gasteiger partial charge in [0.2, 0.25) is 0 Å². The van der Waals surface area contributed by atoms with Gasteiger partial charge in [-0.15, -0.1) is 0 Å². The zero-order valence-corrected chi connectivity index (χ0v) is 13.5. The topological polar surface area (TPSA) is 26.3 Å². The largest absolute Gasteiger partial charge is 0.465 e. The summed E-state index contributed by atoms with van der Waals surface area (Å²) in [5.74, 6) is 0.774. The lowest BCUT2D eigenvalue weighted by Crippen LogP contribution is -2.19. The van der Waals surface area contributed by atoms with Gasteiger partial charge in [-0.25, -0.2) is 0 Å². The fourth-order valence-electron chi connectivity index (χ4n) is 2.42. The molecule has 0 rings (SSSR count). The highest BCUT2D eigenvalue weighted by Crippen LogP contribution is 2.24. The van der Waals surface area contributed by atoms with Crippen LogP contribution in [0.3, 0.4) is 0 Å². The number of unbranched alkanes of at least 4 members (excludes halogenated alkanes) is 3. The molecule has 2 nitrogen and oxygen atoms in total. The van der Waals surface area contributed by atoms with Crippen LogP contribution in [0.2, 0.25) is 0 Å². The van der Waals surface area contributed by atoms with E-state index in [1.54, 1.807) is 0 Å². The molecule has 0 spiro atoms. The van der Waals surface area contributed by atoms with Crippen LogP contribution in [0.1, 0.15) is 85.5 Å². The molecule has 0 radical (unpaired) electrons. The van der Waals surface area contributed by atoms with Crippen molar-refractivity contribution in [3.05, 3.63) is 0 Å². The van der Waals surface area contributed by atoms with E-state index in [4.69, 9.17) is 4.74 Å². The molecule has 0 fully saturated rings. The molecule has 0 aliphatic rings. The van der Waals surface area contributed by atoms with Crippen LogP contribution in [-0.2, 0) is 9.53 Å². The third-order valence-corrected chi connectivity index (χ3v) is 3.76. The third-order valence-electron chi connectivity index (χ3n) is 3.76. The minimum atomic E-state index is 0.00597. The Morgan fingerprint density at radius 1 is 0.947 bits per heavy atom. The Kier molecular flexibility index (Phi) is 12.2. The van der Waals surface area contributed by atoms with Crippen LogP contribution in [0.5, 0.6) is 0 Å². The Labute approximate surface area is 120 Å². The fraction of sp³-hybridized carbons (Fsp3) is 0.941. The van der Waals surface area contributed by atoms with Crippen LogP contribution in [0.25, 0.3) is 0 Å². The molecule has 0 aromatic heterocycles. The quantitative estimate of drug-likeness (QED) is 0.353.